The van der Waals surface area contributed by atoms with Crippen LogP contribution in [0.1, 0.15) is 35.5 Å². The van der Waals surface area contributed by atoms with Gasteiger partial charge in [-0.05, 0) is 37.0 Å². The molecule has 0 fully saturated rings. The van der Waals surface area contributed by atoms with E-state index in [1.54, 1.807) is 0 Å². The van der Waals surface area contributed by atoms with Gasteiger partial charge in [-0.3, -0.25) is 0 Å². The number of hydrogen-bond acceptors (Lipinski definition) is 4. The molecule has 0 aliphatic carbocycles. The molecule has 0 saturated carbocycles. The van der Waals surface area contributed by atoms with Gasteiger partial charge in [-0.1, -0.05) is 44.2 Å². The molecule has 0 aliphatic rings. The number of thiophene rings is 1. The van der Waals surface area contributed by atoms with E-state index in [1.165, 1.54) is 18.4 Å². The number of thiocarbonyl (C=S) groups is 1. The van der Waals surface area contributed by atoms with Crippen LogP contribution >= 0.6 is 23.6 Å². The smallest absolute Gasteiger partial charge is 0.341 e. The molecule has 6 heteroatoms. The second kappa shape index (κ2) is 8.97. The van der Waals surface area contributed by atoms with Gasteiger partial charge >= 0.3 is 5.97 Å². The van der Waals surface area contributed by atoms with Gasteiger partial charge in [0.05, 0.1) is 7.11 Å². The number of methoxy groups -OCH3 is 1. The van der Waals surface area contributed by atoms with Crippen LogP contribution in [0.25, 0.3) is 11.1 Å². The van der Waals surface area contributed by atoms with Gasteiger partial charge in [-0.25, -0.2) is 4.79 Å². The number of nitrogens with one attached hydrogen (secondary N) is 2. The fourth-order valence-electron chi connectivity index (χ4n) is 2.50. The first-order valence-corrected chi connectivity index (χ1v) is 9.48. The molecule has 2 N–H and O–H groups in total. The van der Waals surface area contributed by atoms with Crippen LogP contribution in [-0.4, -0.2) is 24.7 Å². The fourth-order valence-corrected chi connectivity index (χ4v) is 3.84. The SMILES string of the molecule is COC(=O)c1c(NC(=S)NCCC(C)C)sc(C)c1-c1ccccc1. The molecule has 2 rings (SSSR count). The molecule has 134 valence electrons. The normalized spacial score (nSPS) is 10.6. The van der Waals surface area contributed by atoms with E-state index in [0.29, 0.717) is 21.6 Å². The Labute approximate surface area is 158 Å². The minimum absolute atomic E-state index is 0.365. The van der Waals surface area contributed by atoms with Crippen molar-refractivity contribution >= 4 is 39.6 Å². The van der Waals surface area contributed by atoms with Crippen LogP contribution in [0.5, 0.6) is 0 Å². The minimum Gasteiger partial charge on any atom is -0.465 e. The second-order valence-corrected chi connectivity index (χ2v) is 7.79. The number of hydrogen-bond donors (Lipinski definition) is 2. The van der Waals surface area contributed by atoms with Gasteiger partial charge < -0.3 is 15.4 Å². The molecule has 0 saturated heterocycles. The van der Waals surface area contributed by atoms with Crippen molar-refractivity contribution < 1.29 is 9.53 Å². The number of carbonyl (C=O) groups is 1. The van der Waals surface area contributed by atoms with Crippen molar-refractivity contribution in [2.45, 2.75) is 27.2 Å². The van der Waals surface area contributed by atoms with E-state index >= 15 is 0 Å². The van der Waals surface area contributed by atoms with E-state index in [-0.39, 0.29) is 5.97 Å². The van der Waals surface area contributed by atoms with E-state index in [9.17, 15) is 4.79 Å². The first-order chi connectivity index (χ1) is 11.9. The molecule has 0 amide bonds. The van der Waals surface area contributed by atoms with Crippen LogP contribution in [0.3, 0.4) is 0 Å². The van der Waals surface area contributed by atoms with Crippen LogP contribution in [-0.2, 0) is 4.74 Å². The minimum atomic E-state index is -0.365. The van der Waals surface area contributed by atoms with Crippen LogP contribution < -0.4 is 10.6 Å². The molecule has 1 heterocycles. The molecule has 4 nitrogen and oxygen atoms in total. The average Bonchev–Trinajstić information content (AvgIpc) is 2.90. The summed E-state index contributed by atoms with van der Waals surface area (Å²) in [6.45, 7) is 7.14. The summed E-state index contributed by atoms with van der Waals surface area (Å²) in [5.41, 5.74) is 2.41. The van der Waals surface area contributed by atoms with Gasteiger partial charge in [0.25, 0.3) is 0 Å². The highest BCUT2D eigenvalue weighted by atomic mass is 32.1. The molecule has 0 bridgehead atoms. The molecule has 1 aromatic carbocycles. The largest absolute Gasteiger partial charge is 0.465 e. The van der Waals surface area contributed by atoms with E-state index < -0.39 is 0 Å². The molecular formula is C19H24N2O2S2. The Kier molecular flexibility index (Phi) is 6.96. The number of esters is 1. The van der Waals surface area contributed by atoms with Gasteiger partial charge in [0.15, 0.2) is 5.11 Å². The van der Waals surface area contributed by atoms with Gasteiger partial charge in [-0.15, -0.1) is 11.3 Å². The highest BCUT2D eigenvalue weighted by Gasteiger charge is 2.24. The predicted molar refractivity (Wildman–Crippen MR) is 110 cm³/mol. The van der Waals surface area contributed by atoms with Gasteiger partial charge in [0, 0.05) is 17.0 Å². The van der Waals surface area contributed by atoms with E-state index in [4.69, 9.17) is 17.0 Å². The summed E-state index contributed by atoms with van der Waals surface area (Å²) in [7, 11) is 1.40. The lowest BCUT2D eigenvalue weighted by Crippen LogP contribution is -2.30. The molecule has 2 aromatic rings. The molecule has 0 aliphatic heterocycles. The van der Waals surface area contributed by atoms with Crippen molar-refractivity contribution in [1.82, 2.24) is 5.32 Å². The zero-order valence-corrected chi connectivity index (χ0v) is 16.6. The monoisotopic (exact) mass is 376 g/mol. The summed E-state index contributed by atoms with van der Waals surface area (Å²) in [5, 5.41) is 7.59. The Hall–Kier alpha value is -1.92. The quantitative estimate of drug-likeness (QED) is 0.558. The Bertz CT molecular complexity index is 739. The van der Waals surface area contributed by atoms with Crippen molar-refractivity contribution in [2.24, 2.45) is 5.92 Å². The zero-order valence-electron chi connectivity index (χ0n) is 15.0. The van der Waals surface area contributed by atoms with Crippen molar-refractivity contribution in [2.75, 3.05) is 19.0 Å². The lowest BCUT2D eigenvalue weighted by atomic mass is 10.0. The number of rotatable bonds is 6. The number of aryl methyl sites for hydroxylation is 1. The Morgan fingerprint density at radius 2 is 1.96 bits per heavy atom. The van der Waals surface area contributed by atoms with E-state index in [2.05, 4.69) is 24.5 Å². The predicted octanol–water partition coefficient (Wildman–Crippen LogP) is 4.84. The summed E-state index contributed by atoms with van der Waals surface area (Å²) in [5.74, 6) is 0.241. The molecule has 1 aromatic heterocycles. The fraction of sp³-hybridized carbons (Fsp3) is 0.368. The summed E-state index contributed by atoms with van der Waals surface area (Å²) in [6.07, 6.45) is 1.03. The van der Waals surface area contributed by atoms with Crippen LogP contribution in [0.2, 0.25) is 0 Å². The average molecular weight is 377 g/mol. The third-order valence-corrected chi connectivity index (χ3v) is 5.04. The maximum atomic E-state index is 12.4. The highest BCUT2D eigenvalue weighted by Crippen LogP contribution is 2.40. The summed E-state index contributed by atoms with van der Waals surface area (Å²) >= 11 is 6.88. The molecule has 0 spiro atoms. The third kappa shape index (κ3) is 5.03. The van der Waals surface area contributed by atoms with Crippen LogP contribution in [0, 0.1) is 12.8 Å². The number of carbonyl (C=O) groups excluding carboxylic acids is 1. The molecule has 0 atom stereocenters. The van der Waals surface area contributed by atoms with Gasteiger partial charge in [0.2, 0.25) is 0 Å². The van der Waals surface area contributed by atoms with E-state index in [0.717, 1.165) is 29.0 Å². The van der Waals surface area contributed by atoms with E-state index in [1.807, 2.05) is 37.3 Å². The Morgan fingerprint density at radius 1 is 1.28 bits per heavy atom. The first kappa shape index (κ1) is 19.4. The summed E-state index contributed by atoms with van der Waals surface area (Å²) in [6, 6.07) is 9.85. The second-order valence-electron chi connectivity index (χ2n) is 6.16. The van der Waals surface area contributed by atoms with Crippen molar-refractivity contribution in [3.8, 4) is 11.1 Å². The topological polar surface area (TPSA) is 50.4 Å². The Balaban J connectivity index is 2.29. The summed E-state index contributed by atoms with van der Waals surface area (Å²) in [4.78, 5) is 13.4. The number of benzene rings is 1. The lowest BCUT2D eigenvalue weighted by molar-refractivity contribution is 0.0603. The number of ether oxygens (including phenoxy) is 1. The van der Waals surface area contributed by atoms with Crippen molar-refractivity contribution in [3.63, 3.8) is 0 Å². The third-order valence-electron chi connectivity index (χ3n) is 3.77. The standard InChI is InChI=1S/C19H24N2O2S2/c1-12(2)10-11-20-19(24)21-17-16(18(22)23-4)15(13(3)25-17)14-8-6-5-7-9-14/h5-9,12H,10-11H2,1-4H3,(H2,20,21,24). The molecule has 0 radical (unpaired) electrons. The van der Waals surface area contributed by atoms with Gasteiger partial charge in [-0.2, -0.15) is 0 Å². The maximum Gasteiger partial charge on any atom is 0.341 e. The zero-order chi connectivity index (χ0) is 18.4. The van der Waals surface area contributed by atoms with Crippen molar-refractivity contribution in [3.05, 3.63) is 40.8 Å². The number of anilines is 1. The van der Waals surface area contributed by atoms with Crippen LogP contribution in [0.15, 0.2) is 30.3 Å². The Morgan fingerprint density at radius 3 is 2.56 bits per heavy atom. The van der Waals surface area contributed by atoms with Crippen molar-refractivity contribution in [1.29, 1.82) is 0 Å². The molecule has 0 unspecified atom stereocenters. The van der Waals surface area contributed by atoms with Gasteiger partial charge in [0.1, 0.15) is 10.6 Å². The molecular weight excluding hydrogens is 352 g/mol. The first-order valence-electron chi connectivity index (χ1n) is 8.26. The lowest BCUT2D eigenvalue weighted by Gasteiger charge is -2.12. The highest BCUT2D eigenvalue weighted by molar-refractivity contribution is 7.80. The summed E-state index contributed by atoms with van der Waals surface area (Å²) < 4.78 is 5.01. The molecule has 25 heavy (non-hydrogen) atoms. The van der Waals surface area contributed by atoms with Crippen LogP contribution in [0.4, 0.5) is 5.00 Å². The maximum absolute atomic E-state index is 12.4.